The number of thiophene rings is 1. The van der Waals surface area contributed by atoms with Crippen molar-refractivity contribution in [2.75, 3.05) is 20.1 Å². The van der Waals surface area contributed by atoms with E-state index in [1.54, 1.807) is 6.07 Å². The Morgan fingerprint density at radius 2 is 2.19 bits per heavy atom. The van der Waals surface area contributed by atoms with Crippen LogP contribution in [-0.2, 0) is 11.3 Å². The Morgan fingerprint density at radius 1 is 1.38 bits per heavy atom. The molecule has 1 aliphatic carbocycles. The molecule has 7 heteroatoms. The number of hydrogen-bond donors (Lipinski definition) is 1. The maximum absolute atomic E-state index is 12.3. The number of fused-ring (bicyclic) bond motifs is 1. The second kappa shape index (κ2) is 9.28. The number of carbonyl (C=O) groups excluding carboxylic acids is 1. The number of amides is 1. The van der Waals surface area contributed by atoms with Gasteiger partial charge in [0, 0.05) is 25.6 Å². The largest absolute Gasteiger partial charge is 0.356 e. The van der Waals surface area contributed by atoms with Gasteiger partial charge in [-0.1, -0.05) is 19.3 Å². The van der Waals surface area contributed by atoms with Gasteiger partial charge in [-0.05, 0) is 44.3 Å². The van der Waals surface area contributed by atoms with Crippen molar-refractivity contribution in [3.8, 4) is 0 Å². The minimum absolute atomic E-state index is 0.0114. The van der Waals surface area contributed by atoms with Gasteiger partial charge in [-0.2, -0.15) is 0 Å². The molecule has 3 rings (SSSR count). The van der Waals surface area contributed by atoms with Crippen molar-refractivity contribution in [3.63, 3.8) is 0 Å². The zero-order chi connectivity index (χ0) is 18.4. The summed E-state index contributed by atoms with van der Waals surface area (Å²) < 4.78 is 1.52. The average Bonchev–Trinajstić information content (AvgIpc) is 3.15. The first-order valence-corrected chi connectivity index (χ1v) is 10.4. The molecule has 142 valence electrons. The molecule has 1 N–H and O–H groups in total. The second-order valence-corrected chi connectivity index (χ2v) is 8.00. The molecule has 2 aromatic rings. The number of nitrogens with zero attached hydrogens (tertiary/aromatic N) is 3. The van der Waals surface area contributed by atoms with E-state index in [2.05, 4.69) is 22.2 Å². The fraction of sp³-hybridized carbons (Fsp3) is 0.632. The van der Waals surface area contributed by atoms with E-state index in [1.807, 2.05) is 5.38 Å². The molecule has 0 saturated heterocycles. The van der Waals surface area contributed by atoms with E-state index >= 15 is 0 Å². The molecule has 0 spiro atoms. The summed E-state index contributed by atoms with van der Waals surface area (Å²) >= 11 is 1.45. The van der Waals surface area contributed by atoms with E-state index in [9.17, 15) is 9.59 Å². The lowest BCUT2D eigenvalue weighted by molar-refractivity contribution is -0.121. The molecular formula is C19H28N4O2S. The first kappa shape index (κ1) is 19.0. The molecule has 1 fully saturated rings. The van der Waals surface area contributed by atoms with E-state index in [0.29, 0.717) is 30.9 Å². The lowest BCUT2D eigenvalue weighted by atomic mass is 9.94. The summed E-state index contributed by atoms with van der Waals surface area (Å²) in [6.07, 6.45) is 9.47. The maximum Gasteiger partial charge on any atom is 0.262 e. The van der Waals surface area contributed by atoms with Crippen molar-refractivity contribution in [1.82, 2.24) is 19.8 Å². The minimum Gasteiger partial charge on any atom is -0.356 e. The van der Waals surface area contributed by atoms with Crippen LogP contribution >= 0.6 is 11.3 Å². The van der Waals surface area contributed by atoms with Crippen LogP contribution in [0.25, 0.3) is 10.2 Å². The van der Waals surface area contributed by atoms with E-state index < -0.39 is 0 Å². The molecule has 6 nitrogen and oxygen atoms in total. The first-order chi connectivity index (χ1) is 12.6. The van der Waals surface area contributed by atoms with Crippen LogP contribution in [0.4, 0.5) is 0 Å². The van der Waals surface area contributed by atoms with E-state index in [1.165, 1.54) is 54.3 Å². The highest BCUT2D eigenvalue weighted by molar-refractivity contribution is 7.16. The molecule has 1 saturated carbocycles. The summed E-state index contributed by atoms with van der Waals surface area (Å²) in [5.41, 5.74) is -0.0712. The molecule has 0 aliphatic heterocycles. The van der Waals surface area contributed by atoms with E-state index in [4.69, 9.17) is 0 Å². The van der Waals surface area contributed by atoms with Crippen LogP contribution in [0.3, 0.4) is 0 Å². The summed E-state index contributed by atoms with van der Waals surface area (Å²) in [4.78, 5) is 31.8. The van der Waals surface area contributed by atoms with Crippen LogP contribution < -0.4 is 10.9 Å². The normalized spacial score (nSPS) is 15.6. The predicted molar refractivity (Wildman–Crippen MR) is 106 cm³/mol. The highest BCUT2D eigenvalue weighted by Crippen LogP contribution is 2.21. The lowest BCUT2D eigenvalue weighted by Gasteiger charge is -2.31. The van der Waals surface area contributed by atoms with Crippen molar-refractivity contribution in [3.05, 3.63) is 28.1 Å². The molecule has 2 aromatic heterocycles. The highest BCUT2D eigenvalue weighted by atomic mass is 32.1. The number of hydrogen-bond acceptors (Lipinski definition) is 5. The third-order valence-corrected chi connectivity index (χ3v) is 6.06. The third-order valence-electron chi connectivity index (χ3n) is 5.24. The zero-order valence-corrected chi connectivity index (χ0v) is 16.3. The molecule has 0 atom stereocenters. The standard InChI is InChI=1S/C19H28N4O2S/c1-22(15-6-3-2-4-7-15)11-5-10-20-17(24)8-12-23-14-21-18-16(19(23)25)9-13-26-18/h9,13-15H,2-8,10-12H2,1H3,(H,20,24). The zero-order valence-electron chi connectivity index (χ0n) is 15.4. The topological polar surface area (TPSA) is 67.2 Å². The highest BCUT2D eigenvalue weighted by Gasteiger charge is 2.17. The molecule has 0 radical (unpaired) electrons. The van der Waals surface area contributed by atoms with E-state index in [0.717, 1.165) is 17.8 Å². The lowest BCUT2D eigenvalue weighted by Crippen LogP contribution is -2.36. The molecule has 2 heterocycles. The van der Waals surface area contributed by atoms with Crippen LogP contribution in [0.1, 0.15) is 44.9 Å². The van der Waals surface area contributed by atoms with Gasteiger partial charge in [0.15, 0.2) is 0 Å². The Morgan fingerprint density at radius 3 is 3.00 bits per heavy atom. The van der Waals surface area contributed by atoms with Crippen LogP contribution in [0.5, 0.6) is 0 Å². The van der Waals surface area contributed by atoms with Crippen LogP contribution in [0.15, 0.2) is 22.6 Å². The number of carbonyl (C=O) groups is 1. The third kappa shape index (κ3) is 4.92. The van der Waals surface area contributed by atoms with Gasteiger partial charge in [-0.25, -0.2) is 4.98 Å². The number of aromatic nitrogens is 2. The SMILES string of the molecule is CN(CCCNC(=O)CCn1cnc2sccc2c1=O)C1CCCCC1. The monoisotopic (exact) mass is 376 g/mol. The minimum atomic E-state index is -0.0712. The molecule has 26 heavy (non-hydrogen) atoms. The van der Waals surface area contributed by atoms with Crippen molar-refractivity contribution >= 4 is 27.5 Å². The second-order valence-electron chi connectivity index (χ2n) is 7.11. The summed E-state index contributed by atoms with van der Waals surface area (Å²) in [7, 11) is 2.19. The van der Waals surface area contributed by atoms with Gasteiger partial charge in [-0.15, -0.1) is 11.3 Å². The Bertz CT molecular complexity index is 779. The molecule has 0 aromatic carbocycles. The van der Waals surface area contributed by atoms with Crippen molar-refractivity contribution in [1.29, 1.82) is 0 Å². The predicted octanol–water partition coefficient (Wildman–Crippen LogP) is 2.62. The summed E-state index contributed by atoms with van der Waals surface area (Å²) in [6, 6.07) is 2.50. The smallest absolute Gasteiger partial charge is 0.262 e. The summed E-state index contributed by atoms with van der Waals surface area (Å²) in [5, 5.41) is 5.45. The Balaban J connectivity index is 1.36. The summed E-state index contributed by atoms with van der Waals surface area (Å²) in [6.45, 7) is 2.07. The maximum atomic E-state index is 12.3. The van der Waals surface area contributed by atoms with Crippen molar-refractivity contribution in [2.45, 2.75) is 57.5 Å². The number of nitrogens with one attached hydrogen (secondary N) is 1. The van der Waals surface area contributed by atoms with Gasteiger partial charge in [0.2, 0.25) is 5.91 Å². The van der Waals surface area contributed by atoms with Gasteiger partial charge in [-0.3, -0.25) is 14.2 Å². The summed E-state index contributed by atoms with van der Waals surface area (Å²) in [5.74, 6) is -0.0114. The fourth-order valence-electron chi connectivity index (χ4n) is 3.62. The van der Waals surface area contributed by atoms with Gasteiger partial charge in [0.25, 0.3) is 5.56 Å². The van der Waals surface area contributed by atoms with Crippen LogP contribution in [0.2, 0.25) is 0 Å². The van der Waals surface area contributed by atoms with E-state index in [-0.39, 0.29) is 11.5 Å². The molecule has 1 amide bonds. The average molecular weight is 377 g/mol. The molecule has 0 unspecified atom stereocenters. The molecular weight excluding hydrogens is 348 g/mol. The van der Waals surface area contributed by atoms with Gasteiger partial charge in [0.1, 0.15) is 4.83 Å². The Hall–Kier alpha value is -1.73. The van der Waals surface area contributed by atoms with Crippen molar-refractivity contribution < 1.29 is 4.79 Å². The number of aryl methyl sites for hydroxylation is 1. The quantitative estimate of drug-likeness (QED) is 0.719. The van der Waals surface area contributed by atoms with Crippen LogP contribution in [-0.4, -0.2) is 46.5 Å². The Labute approximate surface area is 158 Å². The first-order valence-electron chi connectivity index (χ1n) is 9.55. The Kier molecular flexibility index (Phi) is 6.80. The van der Waals surface area contributed by atoms with Crippen LogP contribution in [0, 0.1) is 0 Å². The fourth-order valence-corrected chi connectivity index (χ4v) is 4.35. The number of rotatable bonds is 8. The van der Waals surface area contributed by atoms with Gasteiger partial charge >= 0.3 is 0 Å². The molecule has 0 bridgehead atoms. The molecule has 1 aliphatic rings. The van der Waals surface area contributed by atoms with Crippen molar-refractivity contribution in [2.24, 2.45) is 0 Å². The van der Waals surface area contributed by atoms with Gasteiger partial charge < -0.3 is 10.2 Å². The van der Waals surface area contributed by atoms with Gasteiger partial charge in [0.05, 0.1) is 11.7 Å².